The molecule has 0 aliphatic carbocycles. The molecule has 1 unspecified atom stereocenters. The summed E-state index contributed by atoms with van der Waals surface area (Å²) in [5.74, 6) is 0.245. The highest BCUT2D eigenvalue weighted by Crippen LogP contribution is 2.25. The molecule has 0 radical (unpaired) electrons. The molecule has 0 aliphatic heterocycles. The fraction of sp³-hybridized carbons (Fsp3) is 0.500. The smallest absolute Gasteiger partial charge is 0.142 e. The fourth-order valence-electron chi connectivity index (χ4n) is 1.28. The van der Waals surface area contributed by atoms with Gasteiger partial charge in [0.25, 0.3) is 0 Å². The SMILES string of the molecule is COCCOc1ccc(F)cc1NCC(O)CCl. The zero-order valence-electron chi connectivity index (χ0n) is 10.2. The zero-order valence-corrected chi connectivity index (χ0v) is 10.9. The molecule has 1 atom stereocenters. The van der Waals surface area contributed by atoms with Crippen molar-refractivity contribution in [2.24, 2.45) is 0 Å². The molecule has 0 aromatic heterocycles. The first-order valence-electron chi connectivity index (χ1n) is 5.56. The van der Waals surface area contributed by atoms with Crippen molar-refractivity contribution in [3.05, 3.63) is 24.0 Å². The van der Waals surface area contributed by atoms with E-state index in [1.165, 1.54) is 18.2 Å². The predicted molar refractivity (Wildman–Crippen MR) is 69.0 cm³/mol. The number of benzene rings is 1. The summed E-state index contributed by atoms with van der Waals surface area (Å²) >= 11 is 5.48. The molecule has 0 spiro atoms. The van der Waals surface area contributed by atoms with E-state index in [4.69, 9.17) is 21.1 Å². The van der Waals surface area contributed by atoms with Crippen LogP contribution in [0.5, 0.6) is 5.75 Å². The summed E-state index contributed by atoms with van der Waals surface area (Å²) in [4.78, 5) is 0. The Morgan fingerprint density at radius 2 is 2.22 bits per heavy atom. The van der Waals surface area contributed by atoms with Crippen LogP contribution in [0, 0.1) is 5.82 Å². The Kier molecular flexibility index (Phi) is 6.78. The Morgan fingerprint density at radius 1 is 1.44 bits per heavy atom. The summed E-state index contributed by atoms with van der Waals surface area (Å²) in [6.45, 7) is 1.05. The highest BCUT2D eigenvalue weighted by atomic mass is 35.5. The minimum Gasteiger partial charge on any atom is -0.489 e. The van der Waals surface area contributed by atoms with Gasteiger partial charge < -0.3 is 19.9 Å². The number of ether oxygens (including phenoxy) is 2. The van der Waals surface area contributed by atoms with Crippen molar-refractivity contribution in [1.29, 1.82) is 0 Å². The van der Waals surface area contributed by atoms with Crippen molar-refractivity contribution >= 4 is 17.3 Å². The zero-order chi connectivity index (χ0) is 13.4. The summed E-state index contributed by atoms with van der Waals surface area (Å²) < 4.78 is 23.4. The van der Waals surface area contributed by atoms with Crippen LogP contribution >= 0.6 is 11.6 Å². The summed E-state index contributed by atoms with van der Waals surface area (Å²) in [5, 5.41) is 12.2. The molecule has 0 saturated heterocycles. The van der Waals surface area contributed by atoms with E-state index in [0.29, 0.717) is 24.7 Å². The van der Waals surface area contributed by atoms with E-state index in [2.05, 4.69) is 5.32 Å². The van der Waals surface area contributed by atoms with Crippen molar-refractivity contribution in [3.8, 4) is 5.75 Å². The summed E-state index contributed by atoms with van der Waals surface area (Å²) in [6.07, 6.45) is -0.693. The van der Waals surface area contributed by atoms with Gasteiger partial charge >= 0.3 is 0 Å². The number of methoxy groups -OCH3 is 1. The lowest BCUT2D eigenvalue weighted by Crippen LogP contribution is -2.21. The summed E-state index contributed by atoms with van der Waals surface area (Å²) in [6, 6.07) is 4.15. The lowest BCUT2D eigenvalue weighted by Gasteiger charge is -2.14. The summed E-state index contributed by atoms with van der Waals surface area (Å²) in [7, 11) is 1.57. The van der Waals surface area contributed by atoms with Crippen molar-refractivity contribution in [2.45, 2.75) is 6.10 Å². The Labute approximate surface area is 111 Å². The highest BCUT2D eigenvalue weighted by Gasteiger charge is 2.08. The second-order valence-electron chi connectivity index (χ2n) is 3.67. The lowest BCUT2D eigenvalue weighted by atomic mass is 10.2. The van der Waals surface area contributed by atoms with E-state index >= 15 is 0 Å². The number of anilines is 1. The number of alkyl halides is 1. The molecule has 18 heavy (non-hydrogen) atoms. The maximum atomic E-state index is 13.1. The standard InChI is InChI=1S/C12H17ClFNO3/c1-17-4-5-18-12-3-2-9(14)6-11(12)15-8-10(16)7-13/h2-3,6,10,15-16H,4-5,7-8H2,1H3. The van der Waals surface area contributed by atoms with Gasteiger partial charge in [-0.15, -0.1) is 11.6 Å². The number of hydrogen-bond donors (Lipinski definition) is 2. The van der Waals surface area contributed by atoms with Gasteiger partial charge in [0.05, 0.1) is 24.3 Å². The van der Waals surface area contributed by atoms with Crippen LogP contribution in [0.25, 0.3) is 0 Å². The molecule has 0 saturated carbocycles. The molecule has 0 amide bonds. The molecule has 1 aromatic carbocycles. The van der Waals surface area contributed by atoms with E-state index in [0.717, 1.165) is 0 Å². The number of aliphatic hydroxyl groups excluding tert-OH is 1. The first-order valence-corrected chi connectivity index (χ1v) is 6.10. The van der Waals surface area contributed by atoms with E-state index in [9.17, 15) is 9.50 Å². The van der Waals surface area contributed by atoms with Crippen LogP contribution in [0.3, 0.4) is 0 Å². The number of aliphatic hydroxyl groups is 1. The Morgan fingerprint density at radius 3 is 2.89 bits per heavy atom. The highest BCUT2D eigenvalue weighted by molar-refractivity contribution is 6.18. The van der Waals surface area contributed by atoms with E-state index in [1.807, 2.05) is 0 Å². The monoisotopic (exact) mass is 277 g/mol. The number of hydrogen-bond acceptors (Lipinski definition) is 4. The van der Waals surface area contributed by atoms with Crippen LogP contribution in [0.4, 0.5) is 10.1 Å². The van der Waals surface area contributed by atoms with E-state index < -0.39 is 6.10 Å². The molecule has 6 heteroatoms. The topological polar surface area (TPSA) is 50.7 Å². The van der Waals surface area contributed by atoms with Gasteiger partial charge in [0.15, 0.2) is 0 Å². The quantitative estimate of drug-likeness (QED) is 0.563. The van der Waals surface area contributed by atoms with Crippen LogP contribution in [0.15, 0.2) is 18.2 Å². The second kappa shape index (κ2) is 8.13. The van der Waals surface area contributed by atoms with Gasteiger partial charge in [-0.3, -0.25) is 0 Å². The van der Waals surface area contributed by atoms with E-state index in [-0.39, 0.29) is 18.2 Å². The molecule has 1 rings (SSSR count). The van der Waals surface area contributed by atoms with Gasteiger partial charge in [0, 0.05) is 19.7 Å². The van der Waals surface area contributed by atoms with Crippen LogP contribution in [-0.2, 0) is 4.74 Å². The molecular weight excluding hydrogens is 261 g/mol. The molecule has 2 N–H and O–H groups in total. The maximum absolute atomic E-state index is 13.1. The molecule has 0 bridgehead atoms. The second-order valence-corrected chi connectivity index (χ2v) is 3.98. The number of rotatable bonds is 8. The molecule has 0 fully saturated rings. The van der Waals surface area contributed by atoms with Crippen molar-refractivity contribution in [2.75, 3.05) is 38.1 Å². The van der Waals surface area contributed by atoms with Gasteiger partial charge in [-0.25, -0.2) is 4.39 Å². The molecule has 102 valence electrons. The molecule has 0 heterocycles. The largest absolute Gasteiger partial charge is 0.489 e. The average Bonchev–Trinajstić information content (AvgIpc) is 2.38. The van der Waals surface area contributed by atoms with Crippen LogP contribution in [0.1, 0.15) is 0 Å². The molecular formula is C12H17ClFNO3. The molecule has 0 aliphatic rings. The van der Waals surface area contributed by atoms with Crippen molar-refractivity contribution < 1.29 is 19.0 Å². The minimum absolute atomic E-state index is 0.113. The average molecular weight is 278 g/mol. The number of halogens is 2. The van der Waals surface area contributed by atoms with Gasteiger partial charge in [0.2, 0.25) is 0 Å². The lowest BCUT2D eigenvalue weighted by molar-refractivity contribution is 0.146. The Bertz CT molecular complexity index is 365. The van der Waals surface area contributed by atoms with Gasteiger partial charge in [-0.05, 0) is 12.1 Å². The van der Waals surface area contributed by atoms with Crippen LogP contribution < -0.4 is 10.1 Å². The number of nitrogens with one attached hydrogen (secondary N) is 1. The molecule has 1 aromatic rings. The Hall–Kier alpha value is -1.04. The first kappa shape index (κ1) is 15.0. The maximum Gasteiger partial charge on any atom is 0.142 e. The predicted octanol–water partition coefficient (Wildman–Crippen LogP) is 1.86. The molecule has 4 nitrogen and oxygen atoms in total. The first-order chi connectivity index (χ1) is 8.67. The van der Waals surface area contributed by atoms with Gasteiger partial charge in [-0.1, -0.05) is 0 Å². The fourth-order valence-corrected chi connectivity index (χ4v) is 1.39. The van der Waals surface area contributed by atoms with Gasteiger partial charge in [-0.2, -0.15) is 0 Å². The third kappa shape index (κ3) is 5.08. The van der Waals surface area contributed by atoms with E-state index in [1.54, 1.807) is 7.11 Å². The Balaban J connectivity index is 2.64. The third-order valence-electron chi connectivity index (χ3n) is 2.19. The van der Waals surface area contributed by atoms with Crippen LogP contribution in [0.2, 0.25) is 0 Å². The van der Waals surface area contributed by atoms with Crippen molar-refractivity contribution in [3.63, 3.8) is 0 Å². The third-order valence-corrected chi connectivity index (χ3v) is 2.55. The summed E-state index contributed by atoms with van der Waals surface area (Å²) in [5.41, 5.74) is 0.482. The normalized spacial score (nSPS) is 12.2. The van der Waals surface area contributed by atoms with Crippen molar-refractivity contribution in [1.82, 2.24) is 0 Å². The minimum atomic E-state index is -0.693. The van der Waals surface area contributed by atoms with Gasteiger partial charge in [0.1, 0.15) is 18.2 Å². The van der Waals surface area contributed by atoms with Crippen LogP contribution in [-0.4, -0.2) is 44.0 Å².